The maximum atomic E-state index is 9.89. The molecule has 0 aliphatic heterocycles. The molecule has 1 heterocycles. The summed E-state index contributed by atoms with van der Waals surface area (Å²) in [5.74, 6) is 0. The van der Waals surface area contributed by atoms with E-state index in [1.54, 1.807) is 11.3 Å². The monoisotopic (exact) mass is 291 g/mol. The van der Waals surface area contributed by atoms with Crippen LogP contribution in [0.3, 0.4) is 0 Å². The molecular formula is C16H21NO2S. The van der Waals surface area contributed by atoms with Crippen LogP contribution in [0.5, 0.6) is 0 Å². The van der Waals surface area contributed by atoms with Gasteiger partial charge in [-0.1, -0.05) is 12.1 Å². The summed E-state index contributed by atoms with van der Waals surface area (Å²) in [6.45, 7) is 5.54. The van der Waals surface area contributed by atoms with E-state index in [1.165, 1.54) is 16.0 Å². The van der Waals surface area contributed by atoms with Crippen molar-refractivity contribution in [2.75, 3.05) is 18.5 Å². The van der Waals surface area contributed by atoms with Gasteiger partial charge in [0, 0.05) is 17.1 Å². The fraction of sp³-hybridized carbons (Fsp3) is 0.375. The van der Waals surface area contributed by atoms with Crippen LogP contribution in [-0.2, 0) is 11.3 Å². The van der Waals surface area contributed by atoms with Crippen molar-refractivity contribution in [2.24, 2.45) is 0 Å². The Kier molecular flexibility index (Phi) is 5.59. The van der Waals surface area contributed by atoms with Crippen LogP contribution in [0.15, 0.2) is 35.7 Å². The van der Waals surface area contributed by atoms with Gasteiger partial charge in [-0.3, -0.25) is 0 Å². The Morgan fingerprint density at radius 3 is 2.65 bits per heavy atom. The van der Waals surface area contributed by atoms with E-state index >= 15 is 0 Å². The second-order valence-corrected chi connectivity index (χ2v) is 6.04. The van der Waals surface area contributed by atoms with Crippen LogP contribution >= 0.6 is 11.3 Å². The molecule has 1 unspecified atom stereocenters. The second-order valence-electron chi connectivity index (χ2n) is 5.01. The average molecular weight is 291 g/mol. The predicted molar refractivity (Wildman–Crippen MR) is 84.4 cm³/mol. The minimum absolute atomic E-state index is 0.343. The molecular weight excluding hydrogens is 270 g/mol. The van der Waals surface area contributed by atoms with Crippen molar-refractivity contribution >= 4 is 17.0 Å². The number of hydrogen-bond donors (Lipinski definition) is 2. The molecule has 0 saturated carbocycles. The Morgan fingerprint density at radius 1 is 1.25 bits per heavy atom. The van der Waals surface area contributed by atoms with E-state index in [0.717, 1.165) is 5.69 Å². The van der Waals surface area contributed by atoms with Crippen LogP contribution in [0.4, 0.5) is 5.69 Å². The molecule has 2 aromatic rings. The van der Waals surface area contributed by atoms with Gasteiger partial charge in [-0.05, 0) is 48.6 Å². The molecule has 108 valence electrons. The average Bonchev–Trinajstić information content (AvgIpc) is 2.88. The SMILES string of the molecule is Cc1cc(C)cc(NCC(O)COCc2cccs2)c1. The number of hydrogen-bond acceptors (Lipinski definition) is 4. The number of nitrogens with one attached hydrogen (secondary N) is 1. The summed E-state index contributed by atoms with van der Waals surface area (Å²) < 4.78 is 5.50. The van der Waals surface area contributed by atoms with E-state index in [1.807, 2.05) is 17.5 Å². The zero-order valence-corrected chi connectivity index (χ0v) is 12.7. The Morgan fingerprint density at radius 2 is 2.00 bits per heavy atom. The number of aliphatic hydroxyl groups excluding tert-OH is 1. The van der Waals surface area contributed by atoms with Gasteiger partial charge >= 0.3 is 0 Å². The third kappa shape index (κ3) is 4.96. The van der Waals surface area contributed by atoms with E-state index in [4.69, 9.17) is 4.74 Å². The van der Waals surface area contributed by atoms with E-state index in [-0.39, 0.29) is 0 Å². The molecule has 0 aliphatic rings. The first-order valence-corrected chi connectivity index (χ1v) is 7.62. The van der Waals surface area contributed by atoms with Gasteiger partial charge in [0.15, 0.2) is 0 Å². The summed E-state index contributed by atoms with van der Waals surface area (Å²) in [5, 5.41) is 15.2. The first-order chi connectivity index (χ1) is 9.63. The Bertz CT molecular complexity index is 505. The predicted octanol–water partition coefficient (Wildman–Crippen LogP) is 3.35. The molecule has 0 fully saturated rings. The summed E-state index contributed by atoms with van der Waals surface area (Å²) in [6, 6.07) is 10.3. The van der Waals surface area contributed by atoms with Crippen molar-refractivity contribution < 1.29 is 9.84 Å². The van der Waals surface area contributed by atoms with Crippen molar-refractivity contribution in [1.29, 1.82) is 0 Å². The Labute approximate surface area is 124 Å². The highest BCUT2D eigenvalue weighted by molar-refractivity contribution is 7.09. The molecule has 0 spiro atoms. The highest BCUT2D eigenvalue weighted by Gasteiger charge is 2.05. The highest BCUT2D eigenvalue weighted by Crippen LogP contribution is 2.14. The number of rotatable bonds is 7. The van der Waals surface area contributed by atoms with Crippen molar-refractivity contribution in [3.63, 3.8) is 0 Å². The Hall–Kier alpha value is -1.36. The molecule has 0 saturated heterocycles. The van der Waals surface area contributed by atoms with Gasteiger partial charge in [-0.25, -0.2) is 0 Å². The Balaban J connectivity index is 1.70. The van der Waals surface area contributed by atoms with Crippen LogP contribution in [-0.4, -0.2) is 24.4 Å². The highest BCUT2D eigenvalue weighted by atomic mass is 32.1. The van der Waals surface area contributed by atoms with Gasteiger partial charge < -0.3 is 15.2 Å². The van der Waals surface area contributed by atoms with Crippen molar-refractivity contribution in [3.8, 4) is 0 Å². The number of aliphatic hydroxyl groups is 1. The van der Waals surface area contributed by atoms with E-state index in [0.29, 0.717) is 19.8 Å². The lowest BCUT2D eigenvalue weighted by Gasteiger charge is -2.14. The molecule has 4 heteroatoms. The molecule has 1 aromatic carbocycles. The molecule has 1 aromatic heterocycles. The van der Waals surface area contributed by atoms with Crippen LogP contribution < -0.4 is 5.32 Å². The zero-order valence-electron chi connectivity index (χ0n) is 11.9. The molecule has 2 N–H and O–H groups in total. The van der Waals surface area contributed by atoms with Gasteiger partial charge in [0.1, 0.15) is 0 Å². The van der Waals surface area contributed by atoms with Gasteiger partial charge in [0.25, 0.3) is 0 Å². The maximum absolute atomic E-state index is 9.89. The summed E-state index contributed by atoms with van der Waals surface area (Å²) in [4.78, 5) is 1.18. The first-order valence-electron chi connectivity index (χ1n) is 6.74. The van der Waals surface area contributed by atoms with Crippen LogP contribution in [0.1, 0.15) is 16.0 Å². The summed E-state index contributed by atoms with van der Waals surface area (Å²) in [6.07, 6.45) is -0.504. The number of thiophene rings is 1. The third-order valence-corrected chi connectivity index (χ3v) is 3.75. The minimum Gasteiger partial charge on any atom is -0.389 e. The van der Waals surface area contributed by atoms with Crippen molar-refractivity contribution in [1.82, 2.24) is 0 Å². The molecule has 0 amide bonds. The lowest BCUT2D eigenvalue weighted by molar-refractivity contribution is 0.0359. The molecule has 20 heavy (non-hydrogen) atoms. The lowest BCUT2D eigenvalue weighted by atomic mass is 10.1. The summed E-state index contributed by atoms with van der Waals surface area (Å²) in [5.41, 5.74) is 3.48. The van der Waals surface area contributed by atoms with Crippen LogP contribution in [0.2, 0.25) is 0 Å². The number of ether oxygens (including phenoxy) is 1. The van der Waals surface area contributed by atoms with Crippen molar-refractivity contribution in [2.45, 2.75) is 26.6 Å². The molecule has 0 aliphatic carbocycles. The van der Waals surface area contributed by atoms with E-state index < -0.39 is 6.10 Å². The van der Waals surface area contributed by atoms with E-state index in [2.05, 4.69) is 37.4 Å². The fourth-order valence-electron chi connectivity index (χ4n) is 2.06. The quantitative estimate of drug-likeness (QED) is 0.822. The summed E-state index contributed by atoms with van der Waals surface area (Å²) >= 11 is 1.67. The topological polar surface area (TPSA) is 41.5 Å². The molecule has 1 atom stereocenters. The largest absolute Gasteiger partial charge is 0.389 e. The maximum Gasteiger partial charge on any atom is 0.0945 e. The number of aryl methyl sites for hydroxylation is 2. The number of benzene rings is 1. The fourth-order valence-corrected chi connectivity index (χ4v) is 2.70. The smallest absolute Gasteiger partial charge is 0.0945 e. The van der Waals surface area contributed by atoms with Crippen LogP contribution in [0.25, 0.3) is 0 Å². The summed E-state index contributed by atoms with van der Waals surface area (Å²) in [7, 11) is 0. The van der Waals surface area contributed by atoms with E-state index in [9.17, 15) is 5.11 Å². The molecule has 0 bridgehead atoms. The van der Waals surface area contributed by atoms with Gasteiger partial charge in [0.2, 0.25) is 0 Å². The second kappa shape index (κ2) is 7.43. The zero-order chi connectivity index (χ0) is 14.4. The van der Waals surface area contributed by atoms with Crippen molar-refractivity contribution in [3.05, 3.63) is 51.7 Å². The van der Waals surface area contributed by atoms with Gasteiger partial charge in [-0.15, -0.1) is 11.3 Å². The molecule has 3 nitrogen and oxygen atoms in total. The third-order valence-electron chi connectivity index (χ3n) is 2.90. The van der Waals surface area contributed by atoms with Crippen LogP contribution in [0, 0.1) is 13.8 Å². The molecule has 2 rings (SSSR count). The normalized spacial score (nSPS) is 12.3. The van der Waals surface area contributed by atoms with Gasteiger partial charge in [0.05, 0.1) is 19.3 Å². The first kappa shape index (κ1) is 15.0. The standard InChI is InChI=1S/C16H21NO2S/c1-12-6-13(2)8-14(7-12)17-9-15(18)10-19-11-16-4-3-5-20-16/h3-8,15,17-18H,9-11H2,1-2H3. The lowest BCUT2D eigenvalue weighted by Crippen LogP contribution is -2.24. The van der Waals surface area contributed by atoms with Gasteiger partial charge in [-0.2, -0.15) is 0 Å². The minimum atomic E-state index is -0.504. The molecule has 0 radical (unpaired) electrons. The number of anilines is 1.